The Labute approximate surface area is 97.7 Å². The second-order valence-electron chi connectivity index (χ2n) is 2.95. The van der Waals surface area contributed by atoms with Crippen molar-refractivity contribution in [2.24, 2.45) is 0 Å². The predicted octanol–water partition coefficient (Wildman–Crippen LogP) is 1.14. The van der Waals surface area contributed by atoms with Crippen LogP contribution in [0.2, 0.25) is 5.15 Å². The Morgan fingerprint density at radius 3 is 2.87 bits per heavy atom. The van der Waals surface area contributed by atoms with Gasteiger partial charge in [0.2, 0.25) is 0 Å². The fraction of sp³-hybridized carbons (Fsp3) is 0.556. The van der Waals surface area contributed by atoms with Crippen LogP contribution >= 0.6 is 23.4 Å². The van der Waals surface area contributed by atoms with E-state index in [1.54, 1.807) is 0 Å². The first-order valence-electron chi connectivity index (χ1n) is 4.60. The van der Waals surface area contributed by atoms with E-state index in [0.29, 0.717) is 10.9 Å². The summed E-state index contributed by atoms with van der Waals surface area (Å²) in [7, 11) is 0. The molecule has 4 nitrogen and oxygen atoms in total. The van der Waals surface area contributed by atoms with Gasteiger partial charge >= 0.3 is 0 Å². The third-order valence-corrected chi connectivity index (χ3v) is 3.33. The van der Waals surface area contributed by atoms with Crippen molar-refractivity contribution in [2.75, 3.05) is 12.4 Å². The van der Waals surface area contributed by atoms with Crippen molar-refractivity contribution in [3.8, 4) is 0 Å². The number of aromatic nitrogens is 2. The molecule has 1 heterocycles. The van der Waals surface area contributed by atoms with E-state index in [-0.39, 0.29) is 6.61 Å². The molecule has 1 unspecified atom stereocenters. The summed E-state index contributed by atoms with van der Waals surface area (Å²) in [6.45, 7) is 1.73. The quantitative estimate of drug-likeness (QED) is 0.604. The SMILES string of the molecule is CCc1c(Cl)ncnc1SCC(O)CO. The van der Waals surface area contributed by atoms with E-state index in [1.165, 1.54) is 18.1 Å². The van der Waals surface area contributed by atoms with Gasteiger partial charge in [0.1, 0.15) is 16.5 Å². The van der Waals surface area contributed by atoms with Gasteiger partial charge in [-0.2, -0.15) is 0 Å². The molecule has 0 spiro atoms. The molecule has 0 aliphatic carbocycles. The van der Waals surface area contributed by atoms with Gasteiger partial charge in [0.15, 0.2) is 0 Å². The third-order valence-electron chi connectivity index (χ3n) is 1.83. The first kappa shape index (κ1) is 12.7. The average Bonchev–Trinajstić information content (AvgIpc) is 2.25. The van der Waals surface area contributed by atoms with Gasteiger partial charge in [0.05, 0.1) is 12.7 Å². The molecule has 6 heteroatoms. The number of nitrogens with zero attached hydrogens (tertiary/aromatic N) is 2. The second-order valence-corrected chi connectivity index (χ2v) is 4.32. The van der Waals surface area contributed by atoms with Gasteiger partial charge < -0.3 is 10.2 Å². The molecular formula is C9H13ClN2O2S. The molecule has 1 atom stereocenters. The van der Waals surface area contributed by atoms with Crippen molar-refractivity contribution >= 4 is 23.4 Å². The van der Waals surface area contributed by atoms with Crippen molar-refractivity contribution in [3.63, 3.8) is 0 Å². The Bertz CT molecular complexity index is 325. The van der Waals surface area contributed by atoms with Crippen LogP contribution in [0.1, 0.15) is 12.5 Å². The van der Waals surface area contributed by atoms with Crippen LogP contribution in [0, 0.1) is 0 Å². The molecular weight excluding hydrogens is 236 g/mol. The lowest BCUT2D eigenvalue weighted by Crippen LogP contribution is -2.15. The van der Waals surface area contributed by atoms with Crippen molar-refractivity contribution in [1.82, 2.24) is 9.97 Å². The van der Waals surface area contributed by atoms with E-state index in [1.807, 2.05) is 6.92 Å². The maximum Gasteiger partial charge on any atom is 0.136 e. The first-order chi connectivity index (χ1) is 7.19. The number of hydrogen-bond donors (Lipinski definition) is 2. The molecule has 0 fully saturated rings. The monoisotopic (exact) mass is 248 g/mol. The molecule has 1 aromatic rings. The Hall–Kier alpha value is -0.360. The largest absolute Gasteiger partial charge is 0.394 e. The number of hydrogen-bond acceptors (Lipinski definition) is 5. The molecule has 0 aromatic carbocycles. The Balaban J connectivity index is 2.72. The van der Waals surface area contributed by atoms with Crippen molar-refractivity contribution in [2.45, 2.75) is 24.5 Å². The van der Waals surface area contributed by atoms with Crippen LogP contribution < -0.4 is 0 Å². The second kappa shape index (κ2) is 6.27. The van der Waals surface area contributed by atoms with E-state index in [0.717, 1.165) is 17.0 Å². The summed E-state index contributed by atoms with van der Waals surface area (Å²) in [5, 5.41) is 19.1. The van der Waals surface area contributed by atoms with Crippen LogP contribution in [0.3, 0.4) is 0 Å². The topological polar surface area (TPSA) is 66.2 Å². The summed E-state index contributed by atoms with van der Waals surface area (Å²) >= 11 is 7.28. The first-order valence-corrected chi connectivity index (χ1v) is 5.96. The smallest absolute Gasteiger partial charge is 0.136 e. The number of aliphatic hydroxyl groups excluding tert-OH is 2. The highest BCUT2D eigenvalue weighted by Crippen LogP contribution is 2.25. The van der Waals surface area contributed by atoms with Crippen LogP contribution in [-0.2, 0) is 6.42 Å². The van der Waals surface area contributed by atoms with Gasteiger partial charge in [-0.25, -0.2) is 9.97 Å². The lowest BCUT2D eigenvalue weighted by Gasteiger charge is -2.09. The fourth-order valence-corrected chi connectivity index (χ4v) is 2.34. The number of aliphatic hydroxyl groups is 2. The van der Waals surface area contributed by atoms with E-state index in [9.17, 15) is 5.11 Å². The molecule has 2 N–H and O–H groups in total. The predicted molar refractivity (Wildman–Crippen MR) is 60.2 cm³/mol. The highest BCUT2D eigenvalue weighted by atomic mass is 35.5. The van der Waals surface area contributed by atoms with E-state index >= 15 is 0 Å². The summed E-state index contributed by atoms with van der Waals surface area (Å²) < 4.78 is 0. The molecule has 0 radical (unpaired) electrons. The van der Waals surface area contributed by atoms with Gasteiger partial charge in [-0.3, -0.25) is 0 Å². The molecule has 0 aliphatic rings. The number of rotatable bonds is 5. The molecule has 0 saturated heterocycles. The minimum atomic E-state index is -0.728. The molecule has 0 amide bonds. The molecule has 84 valence electrons. The van der Waals surface area contributed by atoms with Crippen LogP contribution in [0.4, 0.5) is 0 Å². The summed E-state index contributed by atoms with van der Waals surface area (Å²) in [5.74, 6) is 0.400. The van der Waals surface area contributed by atoms with Crippen molar-refractivity contribution in [3.05, 3.63) is 17.0 Å². The molecule has 0 aliphatic heterocycles. The van der Waals surface area contributed by atoms with Crippen molar-refractivity contribution in [1.29, 1.82) is 0 Å². The van der Waals surface area contributed by atoms with Crippen LogP contribution in [0.15, 0.2) is 11.4 Å². The Morgan fingerprint density at radius 2 is 2.27 bits per heavy atom. The lowest BCUT2D eigenvalue weighted by atomic mass is 10.3. The molecule has 15 heavy (non-hydrogen) atoms. The average molecular weight is 249 g/mol. The van der Waals surface area contributed by atoms with Gasteiger partial charge in [-0.1, -0.05) is 18.5 Å². The van der Waals surface area contributed by atoms with Crippen molar-refractivity contribution < 1.29 is 10.2 Å². The fourth-order valence-electron chi connectivity index (χ4n) is 1.03. The van der Waals surface area contributed by atoms with Gasteiger partial charge in [-0.15, -0.1) is 11.8 Å². The molecule has 1 rings (SSSR count). The van der Waals surface area contributed by atoms with E-state index in [4.69, 9.17) is 16.7 Å². The Kier molecular flexibility index (Phi) is 5.31. The Morgan fingerprint density at radius 1 is 1.53 bits per heavy atom. The van der Waals surface area contributed by atoms with Crippen LogP contribution in [0.25, 0.3) is 0 Å². The maximum absolute atomic E-state index is 9.20. The minimum Gasteiger partial charge on any atom is -0.394 e. The van der Waals surface area contributed by atoms with Gasteiger partial charge in [0.25, 0.3) is 0 Å². The van der Waals surface area contributed by atoms with E-state index < -0.39 is 6.10 Å². The maximum atomic E-state index is 9.20. The zero-order valence-corrected chi connectivity index (χ0v) is 9.92. The summed E-state index contributed by atoms with van der Waals surface area (Å²) in [6.07, 6.45) is 1.42. The lowest BCUT2D eigenvalue weighted by molar-refractivity contribution is 0.113. The molecule has 0 saturated carbocycles. The number of thioether (sulfide) groups is 1. The molecule has 1 aromatic heterocycles. The van der Waals surface area contributed by atoms with Gasteiger partial charge in [0, 0.05) is 11.3 Å². The number of halogens is 1. The summed E-state index contributed by atoms with van der Waals surface area (Å²) in [4.78, 5) is 7.98. The van der Waals surface area contributed by atoms with Crippen LogP contribution in [-0.4, -0.2) is 38.6 Å². The minimum absolute atomic E-state index is 0.243. The highest BCUT2D eigenvalue weighted by Gasteiger charge is 2.10. The highest BCUT2D eigenvalue weighted by molar-refractivity contribution is 7.99. The standard InChI is InChI=1S/C9H13ClN2O2S/c1-2-7-8(10)11-5-12-9(7)15-4-6(14)3-13/h5-6,13-14H,2-4H2,1H3. The normalized spacial score (nSPS) is 12.8. The molecule has 0 bridgehead atoms. The van der Waals surface area contributed by atoms with Gasteiger partial charge in [-0.05, 0) is 6.42 Å². The van der Waals surface area contributed by atoms with Crippen LogP contribution in [0.5, 0.6) is 0 Å². The summed E-state index contributed by atoms with van der Waals surface area (Å²) in [5.41, 5.74) is 0.884. The third kappa shape index (κ3) is 3.61. The zero-order chi connectivity index (χ0) is 11.3. The summed E-state index contributed by atoms with van der Waals surface area (Å²) in [6, 6.07) is 0. The zero-order valence-electron chi connectivity index (χ0n) is 8.35. The van der Waals surface area contributed by atoms with E-state index in [2.05, 4.69) is 9.97 Å².